The first kappa shape index (κ1) is 19.7. The van der Waals surface area contributed by atoms with Crippen molar-refractivity contribution in [3.8, 4) is 10.6 Å². The molecular formula is C19H19BrN2OS2. The van der Waals surface area contributed by atoms with Crippen molar-refractivity contribution in [2.75, 3.05) is 11.1 Å². The number of nitrogens with zero attached hydrogens (tertiary/aromatic N) is 1. The van der Waals surface area contributed by atoms with E-state index in [4.69, 9.17) is 0 Å². The smallest absolute Gasteiger partial charge is 0.211 e. The van der Waals surface area contributed by atoms with E-state index in [1.807, 2.05) is 42.1 Å². The molecule has 1 heterocycles. The largest absolute Gasteiger partial charge is 0.329 e. The minimum atomic E-state index is 0.656. The number of anilines is 1. The number of benzene rings is 2. The molecule has 3 nitrogen and oxygen atoms in total. The van der Waals surface area contributed by atoms with Crippen LogP contribution in [0.3, 0.4) is 0 Å². The maximum Gasteiger partial charge on any atom is 0.211 e. The van der Waals surface area contributed by atoms with Gasteiger partial charge in [0, 0.05) is 26.9 Å². The van der Waals surface area contributed by atoms with Gasteiger partial charge in [0.15, 0.2) is 0 Å². The van der Waals surface area contributed by atoms with Crippen LogP contribution in [0, 0.1) is 0 Å². The summed E-state index contributed by atoms with van der Waals surface area (Å²) >= 11 is 6.92. The van der Waals surface area contributed by atoms with Crippen LogP contribution in [0.4, 0.5) is 5.69 Å². The zero-order chi connectivity index (χ0) is 17.9. The molecule has 0 unspecified atom stereocenters. The van der Waals surface area contributed by atoms with Crippen molar-refractivity contribution < 1.29 is 4.79 Å². The lowest BCUT2D eigenvalue weighted by Gasteiger charge is -1.95. The SMILES string of the molecule is CCSCc1csc(-c2ccccc2)n1.O=CNc1ccc(Br)cc1. The third-order valence-electron chi connectivity index (χ3n) is 3.10. The fraction of sp³-hybridized carbons (Fsp3) is 0.158. The highest BCUT2D eigenvalue weighted by molar-refractivity contribution is 9.10. The molecule has 0 atom stereocenters. The third kappa shape index (κ3) is 7.02. The van der Waals surface area contributed by atoms with E-state index >= 15 is 0 Å². The number of carbonyl (C=O) groups is 1. The van der Waals surface area contributed by atoms with E-state index in [1.165, 1.54) is 11.3 Å². The van der Waals surface area contributed by atoms with Gasteiger partial charge in [0.1, 0.15) is 5.01 Å². The van der Waals surface area contributed by atoms with Crippen LogP contribution in [-0.4, -0.2) is 17.1 Å². The maximum atomic E-state index is 9.94. The second kappa shape index (κ2) is 11.1. The number of thioether (sulfide) groups is 1. The van der Waals surface area contributed by atoms with Crippen LogP contribution >= 0.6 is 39.0 Å². The molecule has 25 heavy (non-hydrogen) atoms. The predicted molar refractivity (Wildman–Crippen MR) is 113 cm³/mol. The molecule has 0 aliphatic heterocycles. The third-order valence-corrected chi connectivity index (χ3v) is 5.47. The fourth-order valence-corrected chi connectivity index (χ4v) is 3.66. The molecule has 0 saturated heterocycles. The molecule has 1 N–H and O–H groups in total. The molecule has 3 rings (SSSR count). The van der Waals surface area contributed by atoms with Crippen molar-refractivity contribution in [2.24, 2.45) is 0 Å². The minimum Gasteiger partial charge on any atom is -0.329 e. The van der Waals surface area contributed by atoms with Crippen LogP contribution in [0.25, 0.3) is 10.6 Å². The summed E-state index contributed by atoms with van der Waals surface area (Å²) in [7, 11) is 0. The summed E-state index contributed by atoms with van der Waals surface area (Å²) in [6, 6.07) is 17.7. The lowest BCUT2D eigenvalue weighted by atomic mass is 10.2. The Labute approximate surface area is 165 Å². The molecule has 0 aliphatic rings. The first-order valence-electron chi connectivity index (χ1n) is 7.76. The Balaban J connectivity index is 0.000000196. The molecule has 6 heteroatoms. The number of thiazole rings is 1. The second-order valence-electron chi connectivity index (χ2n) is 4.92. The molecule has 0 aliphatic carbocycles. The van der Waals surface area contributed by atoms with E-state index in [-0.39, 0.29) is 0 Å². The Kier molecular flexibility index (Phi) is 8.72. The molecular weight excluding hydrogens is 416 g/mol. The van der Waals surface area contributed by atoms with E-state index in [1.54, 1.807) is 11.3 Å². The normalized spacial score (nSPS) is 9.84. The lowest BCUT2D eigenvalue weighted by Crippen LogP contribution is -1.91. The Morgan fingerprint density at radius 2 is 1.88 bits per heavy atom. The van der Waals surface area contributed by atoms with Gasteiger partial charge in [-0.3, -0.25) is 4.79 Å². The number of hydrogen-bond donors (Lipinski definition) is 1. The van der Waals surface area contributed by atoms with Crippen LogP contribution < -0.4 is 5.32 Å². The van der Waals surface area contributed by atoms with Gasteiger partial charge < -0.3 is 5.32 Å². The average molecular weight is 435 g/mol. The number of hydrogen-bond acceptors (Lipinski definition) is 4. The van der Waals surface area contributed by atoms with Crippen LogP contribution in [0.15, 0.2) is 64.5 Å². The van der Waals surface area contributed by atoms with Gasteiger partial charge in [-0.05, 0) is 30.0 Å². The number of halogens is 1. The van der Waals surface area contributed by atoms with Crippen molar-refractivity contribution in [1.29, 1.82) is 0 Å². The first-order valence-corrected chi connectivity index (χ1v) is 10.6. The number of amides is 1. The summed E-state index contributed by atoms with van der Waals surface area (Å²) in [6.45, 7) is 2.18. The highest BCUT2D eigenvalue weighted by Gasteiger charge is 2.03. The quantitative estimate of drug-likeness (QED) is 0.477. The van der Waals surface area contributed by atoms with E-state index in [9.17, 15) is 4.79 Å². The van der Waals surface area contributed by atoms with Crippen molar-refractivity contribution in [1.82, 2.24) is 4.98 Å². The van der Waals surface area contributed by atoms with Crippen LogP contribution in [0.1, 0.15) is 12.6 Å². The maximum absolute atomic E-state index is 9.94. The Morgan fingerprint density at radius 1 is 1.16 bits per heavy atom. The summed E-state index contributed by atoms with van der Waals surface area (Å²) in [5.41, 5.74) is 3.22. The van der Waals surface area contributed by atoms with Gasteiger partial charge >= 0.3 is 0 Å². The molecule has 0 saturated carbocycles. The van der Waals surface area contributed by atoms with Crippen molar-refractivity contribution in [2.45, 2.75) is 12.7 Å². The molecule has 0 bridgehead atoms. The lowest BCUT2D eigenvalue weighted by molar-refractivity contribution is -0.105. The van der Waals surface area contributed by atoms with Gasteiger partial charge in [-0.25, -0.2) is 4.98 Å². The van der Waals surface area contributed by atoms with E-state index in [2.05, 4.69) is 62.8 Å². The second-order valence-corrected chi connectivity index (χ2v) is 7.96. The van der Waals surface area contributed by atoms with Gasteiger partial charge in [0.25, 0.3) is 0 Å². The first-order chi connectivity index (χ1) is 12.2. The van der Waals surface area contributed by atoms with Gasteiger partial charge in [-0.2, -0.15) is 11.8 Å². The van der Waals surface area contributed by atoms with E-state index in [0.717, 1.165) is 26.7 Å². The van der Waals surface area contributed by atoms with Crippen molar-refractivity contribution in [3.63, 3.8) is 0 Å². The Bertz CT molecular complexity index is 761. The Morgan fingerprint density at radius 3 is 2.52 bits per heavy atom. The van der Waals surface area contributed by atoms with Gasteiger partial charge in [-0.1, -0.05) is 53.2 Å². The van der Waals surface area contributed by atoms with Crippen molar-refractivity contribution in [3.05, 3.63) is 70.1 Å². The van der Waals surface area contributed by atoms with Crippen LogP contribution in [0.2, 0.25) is 0 Å². The minimum absolute atomic E-state index is 0.656. The number of carbonyl (C=O) groups excluding carboxylic acids is 1. The van der Waals surface area contributed by atoms with E-state index < -0.39 is 0 Å². The summed E-state index contributed by atoms with van der Waals surface area (Å²) in [5.74, 6) is 2.18. The van der Waals surface area contributed by atoms with Crippen LogP contribution in [-0.2, 0) is 10.5 Å². The van der Waals surface area contributed by atoms with Crippen LogP contribution in [0.5, 0.6) is 0 Å². The molecule has 0 fully saturated rings. The van der Waals surface area contributed by atoms with Gasteiger partial charge in [0.05, 0.1) is 5.69 Å². The number of rotatable bonds is 6. The molecule has 1 aromatic heterocycles. The monoisotopic (exact) mass is 434 g/mol. The molecule has 130 valence electrons. The molecule has 2 aromatic carbocycles. The highest BCUT2D eigenvalue weighted by Crippen LogP contribution is 2.24. The summed E-state index contributed by atoms with van der Waals surface area (Å²) in [5, 5.41) is 5.82. The number of aromatic nitrogens is 1. The molecule has 0 radical (unpaired) electrons. The zero-order valence-electron chi connectivity index (χ0n) is 13.8. The molecule has 3 aromatic rings. The van der Waals surface area contributed by atoms with Gasteiger partial charge in [-0.15, -0.1) is 11.3 Å². The topological polar surface area (TPSA) is 42.0 Å². The van der Waals surface area contributed by atoms with Gasteiger partial charge in [0.2, 0.25) is 6.41 Å². The number of nitrogens with one attached hydrogen (secondary N) is 1. The molecule has 1 amide bonds. The predicted octanol–water partition coefficient (Wildman–Crippen LogP) is 6.08. The summed E-state index contributed by atoms with van der Waals surface area (Å²) < 4.78 is 1.00. The fourth-order valence-electron chi connectivity index (χ4n) is 1.91. The standard InChI is InChI=1S/C12H13NS2.C7H6BrNO/c1-2-14-8-11-9-15-12(13-11)10-6-4-3-5-7-10;8-6-1-3-7(4-2-6)9-5-10/h3-7,9H,2,8H2,1H3;1-5H,(H,9,10). The summed E-state index contributed by atoms with van der Waals surface area (Å²) in [4.78, 5) is 14.6. The summed E-state index contributed by atoms with van der Waals surface area (Å²) in [6.07, 6.45) is 0.656. The Hall–Kier alpha value is -1.63. The molecule has 0 spiro atoms. The zero-order valence-corrected chi connectivity index (χ0v) is 17.0. The van der Waals surface area contributed by atoms with Crippen molar-refractivity contribution >= 4 is 51.1 Å². The average Bonchev–Trinajstić information content (AvgIpc) is 3.12. The highest BCUT2D eigenvalue weighted by atomic mass is 79.9. The van der Waals surface area contributed by atoms with E-state index in [0.29, 0.717) is 6.41 Å².